The second-order valence-electron chi connectivity index (χ2n) is 9.86. The van der Waals surface area contributed by atoms with Gasteiger partial charge in [0.15, 0.2) is 0 Å². The van der Waals surface area contributed by atoms with Crippen molar-refractivity contribution in [1.29, 1.82) is 0 Å². The van der Waals surface area contributed by atoms with E-state index in [-0.39, 0.29) is 29.6 Å². The summed E-state index contributed by atoms with van der Waals surface area (Å²) in [4.78, 5) is 46.8. The van der Waals surface area contributed by atoms with Gasteiger partial charge in [0, 0.05) is 31.1 Å². The van der Waals surface area contributed by atoms with Crippen molar-refractivity contribution in [3.63, 3.8) is 0 Å². The van der Waals surface area contributed by atoms with Crippen molar-refractivity contribution in [1.82, 2.24) is 9.80 Å². The van der Waals surface area contributed by atoms with Crippen LogP contribution in [0.3, 0.4) is 0 Å². The van der Waals surface area contributed by atoms with Gasteiger partial charge >= 0.3 is 0 Å². The van der Waals surface area contributed by atoms with Crippen molar-refractivity contribution < 1.29 is 19.5 Å². The third-order valence-corrected chi connectivity index (χ3v) is 9.49. The summed E-state index contributed by atoms with van der Waals surface area (Å²) >= 11 is 1.56. The van der Waals surface area contributed by atoms with Crippen molar-refractivity contribution in [3.05, 3.63) is 53.6 Å². The van der Waals surface area contributed by atoms with Crippen molar-refractivity contribution in [2.75, 3.05) is 31.6 Å². The predicted octanol–water partition coefficient (Wildman–Crippen LogP) is 1.91. The zero-order valence-corrected chi connectivity index (χ0v) is 20.8. The van der Waals surface area contributed by atoms with Crippen LogP contribution in [0.25, 0.3) is 0 Å². The molecule has 4 aliphatic heterocycles. The van der Waals surface area contributed by atoms with Crippen LogP contribution >= 0.6 is 11.8 Å². The van der Waals surface area contributed by atoms with E-state index in [0.717, 1.165) is 16.8 Å². The third-order valence-electron chi connectivity index (χ3n) is 7.75. The lowest BCUT2D eigenvalue weighted by atomic mass is 9.78. The monoisotopic (exact) mass is 481 g/mol. The van der Waals surface area contributed by atoms with E-state index in [0.29, 0.717) is 13.1 Å². The first-order valence-electron chi connectivity index (χ1n) is 11.8. The highest BCUT2D eigenvalue weighted by Crippen LogP contribution is 2.61. The number of hydrogen-bond acceptors (Lipinski definition) is 5. The van der Waals surface area contributed by atoms with E-state index in [9.17, 15) is 19.5 Å². The summed E-state index contributed by atoms with van der Waals surface area (Å²) in [5.41, 5.74) is 2.84. The molecule has 4 heterocycles. The summed E-state index contributed by atoms with van der Waals surface area (Å²) in [5.74, 6) is -1.63. The lowest BCUT2D eigenvalue weighted by molar-refractivity contribution is -0.143. The Kier molecular flexibility index (Phi) is 5.64. The van der Waals surface area contributed by atoms with Gasteiger partial charge in [-0.05, 0) is 31.9 Å². The molecule has 1 aromatic rings. The second kappa shape index (κ2) is 8.27. The molecule has 34 heavy (non-hydrogen) atoms. The summed E-state index contributed by atoms with van der Waals surface area (Å²) in [6.07, 6.45) is 8.00. The smallest absolute Gasteiger partial charge is 0.251 e. The molecule has 3 amide bonds. The Hall–Kier alpha value is -2.58. The van der Waals surface area contributed by atoms with Crippen LogP contribution < -0.4 is 4.90 Å². The quantitative estimate of drug-likeness (QED) is 0.667. The Morgan fingerprint density at radius 2 is 1.79 bits per heavy atom. The number of aryl methyl sites for hydroxylation is 2. The minimum Gasteiger partial charge on any atom is -0.394 e. The van der Waals surface area contributed by atoms with Crippen LogP contribution in [0.1, 0.15) is 18.1 Å². The topological polar surface area (TPSA) is 81.2 Å². The zero-order chi connectivity index (χ0) is 24.4. The van der Waals surface area contributed by atoms with Gasteiger partial charge in [0.05, 0.1) is 29.2 Å². The standard InChI is InChI=1S/C26H31N3O4S/c1-15-8-5-9-16(2)21(15)28-13-7-11-26-20(19-18(34-26)10-6-12-27(4)23(19)31)24(32)29(17(3)14-30)22(26)25(28)33/h5-11,17-20,22,30H,12-14H2,1-4H3/t17-,18-,19+,20+,22?,26+/m1/s1. The first-order chi connectivity index (χ1) is 16.2. The van der Waals surface area contributed by atoms with Crippen molar-refractivity contribution >= 4 is 35.2 Å². The minimum absolute atomic E-state index is 0.0633. The molecule has 1 N–H and O–H groups in total. The Morgan fingerprint density at radius 3 is 2.47 bits per heavy atom. The summed E-state index contributed by atoms with van der Waals surface area (Å²) in [6, 6.07) is 4.60. The van der Waals surface area contributed by atoms with Gasteiger partial charge in [0.25, 0.3) is 5.91 Å². The highest BCUT2D eigenvalue weighted by molar-refractivity contribution is 8.02. The number of hydrogen-bond donors (Lipinski definition) is 1. The number of carbonyl (C=O) groups is 3. The summed E-state index contributed by atoms with van der Waals surface area (Å²) < 4.78 is -0.865. The average Bonchev–Trinajstić information content (AvgIpc) is 3.14. The molecular weight excluding hydrogens is 450 g/mol. The molecule has 0 aromatic heterocycles. The number of aliphatic hydroxyl groups is 1. The van der Waals surface area contributed by atoms with Gasteiger partial charge in [-0.25, -0.2) is 0 Å². The molecule has 8 heteroatoms. The fourth-order valence-corrected chi connectivity index (χ4v) is 8.19. The molecule has 180 valence electrons. The molecule has 1 unspecified atom stereocenters. The molecule has 1 aromatic carbocycles. The highest BCUT2D eigenvalue weighted by atomic mass is 32.2. The van der Waals surface area contributed by atoms with E-state index in [1.165, 1.54) is 0 Å². The third kappa shape index (κ3) is 3.11. The maximum atomic E-state index is 14.3. The Labute approximate surface area is 204 Å². The second-order valence-corrected chi connectivity index (χ2v) is 11.3. The number of amides is 3. The number of carbonyl (C=O) groups excluding carboxylic acids is 3. The SMILES string of the molecule is Cc1cccc(C)c1N1CC=C[C@]23S[C@@H]4C=CCN(C)C(=O)[C@@H]4[C@H]2C(=O)N([C@H](C)CO)C3C1=O. The van der Waals surface area contributed by atoms with Gasteiger partial charge in [-0.3, -0.25) is 14.4 Å². The minimum atomic E-state index is -0.865. The van der Waals surface area contributed by atoms with E-state index < -0.39 is 28.7 Å². The van der Waals surface area contributed by atoms with Crippen LogP contribution in [-0.4, -0.2) is 81.5 Å². The summed E-state index contributed by atoms with van der Waals surface area (Å²) in [6.45, 7) is 6.38. The molecule has 2 fully saturated rings. The molecule has 5 rings (SSSR count). The summed E-state index contributed by atoms with van der Waals surface area (Å²) in [5, 5.41) is 9.86. The van der Waals surface area contributed by atoms with Crippen LogP contribution in [0.2, 0.25) is 0 Å². The predicted molar refractivity (Wildman–Crippen MR) is 132 cm³/mol. The zero-order valence-electron chi connectivity index (χ0n) is 20.0. The van der Waals surface area contributed by atoms with Crippen LogP contribution in [0.15, 0.2) is 42.5 Å². The van der Waals surface area contributed by atoms with Crippen LogP contribution in [0.4, 0.5) is 5.69 Å². The molecule has 0 saturated carbocycles. The molecule has 7 nitrogen and oxygen atoms in total. The van der Waals surface area contributed by atoms with Gasteiger partial charge in [-0.1, -0.05) is 42.5 Å². The van der Waals surface area contributed by atoms with Crippen molar-refractivity contribution in [2.24, 2.45) is 11.8 Å². The largest absolute Gasteiger partial charge is 0.394 e. The fourth-order valence-electron chi connectivity index (χ4n) is 6.20. The molecular formula is C26H31N3O4S. The molecule has 6 atom stereocenters. The maximum absolute atomic E-state index is 14.3. The van der Waals surface area contributed by atoms with E-state index in [4.69, 9.17) is 0 Å². The molecule has 1 spiro atoms. The van der Waals surface area contributed by atoms with E-state index in [1.54, 1.807) is 40.4 Å². The first-order valence-corrected chi connectivity index (χ1v) is 12.7. The number of aliphatic hydroxyl groups excluding tert-OH is 1. The van der Waals surface area contributed by atoms with Crippen molar-refractivity contribution in [3.8, 4) is 0 Å². The highest BCUT2D eigenvalue weighted by Gasteiger charge is 2.71. The number of benzene rings is 1. The number of anilines is 1. The van der Waals surface area contributed by atoms with E-state index >= 15 is 0 Å². The van der Waals surface area contributed by atoms with Gasteiger partial charge in [-0.2, -0.15) is 0 Å². The normalized spacial score (nSPS) is 33.6. The molecule has 4 aliphatic rings. The first kappa shape index (κ1) is 23.2. The average molecular weight is 482 g/mol. The van der Waals surface area contributed by atoms with Gasteiger partial charge in [0.1, 0.15) is 6.04 Å². The number of likely N-dealkylation sites (tertiary alicyclic amines) is 1. The lowest BCUT2D eigenvalue weighted by Crippen LogP contribution is -2.56. The maximum Gasteiger partial charge on any atom is 0.251 e. The Morgan fingerprint density at radius 1 is 1.09 bits per heavy atom. The number of fused-ring (bicyclic) bond motifs is 2. The Balaban J connectivity index is 1.67. The fraction of sp³-hybridized carbons (Fsp3) is 0.500. The summed E-state index contributed by atoms with van der Waals surface area (Å²) in [7, 11) is 1.76. The molecule has 0 aliphatic carbocycles. The number of para-hydroxylation sites is 1. The van der Waals surface area contributed by atoms with E-state index in [2.05, 4.69) is 0 Å². The number of likely N-dealkylation sites (N-methyl/N-ethyl adjacent to an activating group) is 1. The van der Waals surface area contributed by atoms with Crippen LogP contribution in [0.5, 0.6) is 0 Å². The molecule has 0 radical (unpaired) electrons. The van der Waals surface area contributed by atoms with Crippen molar-refractivity contribution in [2.45, 2.75) is 42.9 Å². The Bertz CT molecular complexity index is 1100. The van der Waals surface area contributed by atoms with Gasteiger partial charge < -0.3 is 19.8 Å². The van der Waals surface area contributed by atoms with E-state index in [1.807, 2.05) is 56.4 Å². The lowest BCUT2D eigenvalue weighted by Gasteiger charge is -2.38. The molecule has 0 bridgehead atoms. The van der Waals surface area contributed by atoms with Crippen LogP contribution in [-0.2, 0) is 14.4 Å². The number of rotatable bonds is 3. The number of thioether (sulfide) groups is 1. The molecule has 2 saturated heterocycles. The van der Waals surface area contributed by atoms with Gasteiger partial charge in [-0.15, -0.1) is 11.8 Å². The van der Waals surface area contributed by atoms with Gasteiger partial charge in [0.2, 0.25) is 11.8 Å². The van der Waals surface area contributed by atoms with Crippen LogP contribution in [0, 0.1) is 25.7 Å². The number of nitrogens with zero attached hydrogens (tertiary/aromatic N) is 3.